The van der Waals surface area contributed by atoms with E-state index in [-0.39, 0.29) is 24.6 Å². The van der Waals surface area contributed by atoms with E-state index in [2.05, 4.69) is 9.97 Å². The number of imidazole rings is 1. The molecular weight excluding hydrogens is 317 g/mol. The number of aromatic nitrogens is 2. The van der Waals surface area contributed by atoms with Crippen molar-refractivity contribution >= 4 is 17.5 Å². The second-order valence-corrected chi connectivity index (χ2v) is 5.50. The topological polar surface area (TPSA) is 115 Å². The highest BCUT2D eigenvalue weighted by Gasteiger charge is 2.35. The zero-order valence-corrected chi connectivity index (χ0v) is 12.7. The number of piperazine rings is 1. The second-order valence-electron chi connectivity index (χ2n) is 5.50. The third-order valence-corrected chi connectivity index (χ3v) is 3.99. The van der Waals surface area contributed by atoms with E-state index in [0.717, 1.165) is 5.69 Å². The molecule has 2 amide bonds. The smallest absolute Gasteiger partial charge is 0.323 e. The summed E-state index contributed by atoms with van der Waals surface area (Å²) in [4.78, 5) is 43.3. The average molecular weight is 333 g/mol. The second kappa shape index (κ2) is 6.19. The monoisotopic (exact) mass is 333 g/mol. The number of rotatable bonds is 3. The summed E-state index contributed by atoms with van der Waals surface area (Å²) in [5.41, 5.74) is 5.75. The lowest BCUT2D eigenvalue weighted by Gasteiger charge is -2.40. The van der Waals surface area contributed by atoms with Gasteiger partial charge in [-0.05, 0) is 24.3 Å². The Bertz CT molecular complexity index is 813. The van der Waals surface area contributed by atoms with E-state index in [1.807, 2.05) is 4.90 Å². The van der Waals surface area contributed by atoms with Crippen molar-refractivity contribution in [2.45, 2.75) is 6.04 Å². The van der Waals surface area contributed by atoms with Gasteiger partial charge in [0.1, 0.15) is 17.6 Å². The van der Waals surface area contributed by atoms with Crippen molar-refractivity contribution < 1.29 is 14.0 Å². The SMILES string of the molecule is NC(=O)C1CN(c2ccc(F)cc2)CCN1C(=O)c1c[nH]c(=O)[nH]1. The molecule has 0 saturated carbocycles. The highest BCUT2D eigenvalue weighted by Crippen LogP contribution is 2.20. The van der Waals surface area contributed by atoms with Gasteiger partial charge in [-0.1, -0.05) is 0 Å². The number of benzene rings is 1. The number of carbonyl (C=O) groups excluding carboxylic acids is 2. The minimum absolute atomic E-state index is 0.0708. The molecule has 1 fully saturated rings. The van der Waals surface area contributed by atoms with Crippen molar-refractivity contribution in [2.24, 2.45) is 5.73 Å². The number of nitrogens with one attached hydrogen (secondary N) is 2. The molecule has 4 N–H and O–H groups in total. The minimum Gasteiger partial charge on any atom is -0.368 e. The number of amides is 2. The van der Waals surface area contributed by atoms with Crippen LogP contribution in [0.1, 0.15) is 10.5 Å². The fraction of sp³-hybridized carbons (Fsp3) is 0.267. The maximum Gasteiger partial charge on any atom is 0.323 e. The number of primary amides is 1. The third-order valence-electron chi connectivity index (χ3n) is 3.99. The predicted octanol–water partition coefficient (Wildman–Crippen LogP) is -0.342. The van der Waals surface area contributed by atoms with Crippen LogP contribution in [-0.4, -0.2) is 52.4 Å². The van der Waals surface area contributed by atoms with Crippen molar-refractivity contribution in [3.63, 3.8) is 0 Å². The molecule has 1 unspecified atom stereocenters. The van der Waals surface area contributed by atoms with Gasteiger partial charge in [-0.25, -0.2) is 9.18 Å². The molecule has 2 aromatic rings. The van der Waals surface area contributed by atoms with Gasteiger partial charge in [-0.3, -0.25) is 9.59 Å². The van der Waals surface area contributed by atoms with Crippen LogP contribution in [0.3, 0.4) is 0 Å². The standard InChI is InChI=1S/C15H16FN5O3/c16-9-1-3-10(4-2-9)20-5-6-21(12(8-20)13(17)22)14(23)11-7-18-15(24)19-11/h1-4,7,12H,5-6,8H2,(H2,17,22)(H2,18,19,24). The molecule has 3 rings (SSSR count). The minimum atomic E-state index is -0.852. The molecule has 1 atom stereocenters. The van der Waals surface area contributed by atoms with Crippen LogP contribution in [-0.2, 0) is 4.79 Å². The average Bonchev–Trinajstić information content (AvgIpc) is 3.01. The molecule has 2 heterocycles. The van der Waals surface area contributed by atoms with Gasteiger partial charge in [-0.2, -0.15) is 0 Å². The first-order valence-corrected chi connectivity index (χ1v) is 7.34. The van der Waals surface area contributed by atoms with Crippen molar-refractivity contribution in [3.05, 3.63) is 52.5 Å². The lowest BCUT2D eigenvalue weighted by molar-refractivity contribution is -0.122. The lowest BCUT2D eigenvalue weighted by Crippen LogP contribution is -2.60. The van der Waals surface area contributed by atoms with Crippen LogP contribution in [0, 0.1) is 5.82 Å². The first kappa shape index (κ1) is 15.8. The number of nitrogens with zero attached hydrogens (tertiary/aromatic N) is 2. The van der Waals surface area contributed by atoms with Gasteiger partial charge < -0.3 is 25.5 Å². The molecule has 1 saturated heterocycles. The number of aromatic amines is 2. The van der Waals surface area contributed by atoms with Crippen molar-refractivity contribution in [1.29, 1.82) is 0 Å². The van der Waals surface area contributed by atoms with Crippen LogP contribution >= 0.6 is 0 Å². The number of H-pyrrole nitrogens is 2. The van der Waals surface area contributed by atoms with E-state index in [1.54, 1.807) is 12.1 Å². The summed E-state index contributed by atoms with van der Waals surface area (Å²) in [6.45, 7) is 0.897. The lowest BCUT2D eigenvalue weighted by atomic mass is 10.1. The summed E-state index contributed by atoms with van der Waals surface area (Å²) in [6, 6.07) is 5.02. The van der Waals surface area contributed by atoms with Crippen LogP contribution in [0.25, 0.3) is 0 Å². The van der Waals surface area contributed by atoms with E-state index < -0.39 is 23.5 Å². The fourth-order valence-electron chi connectivity index (χ4n) is 2.76. The molecule has 0 spiro atoms. The molecule has 8 nitrogen and oxygen atoms in total. The highest BCUT2D eigenvalue weighted by atomic mass is 19.1. The Morgan fingerprint density at radius 2 is 1.92 bits per heavy atom. The number of hydrogen-bond donors (Lipinski definition) is 3. The molecule has 126 valence electrons. The summed E-state index contributed by atoms with van der Waals surface area (Å²) < 4.78 is 13.0. The largest absolute Gasteiger partial charge is 0.368 e. The molecule has 24 heavy (non-hydrogen) atoms. The van der Waals surface area contributed by atoms with Crippen LogP contribution in [0.15, 0.2) is 35.3 Å². The van der Waals surface area contributed by atoms with Crippen LogP contribution in [0.4, 0.5) is 10.1 Å². The molecule has 1 aromatic carbocycles. The Labute approximate surface area is 136 Å². The quantitative estimate of drug-likeness (QED) is 0.712. The molecule has 1 aliphatic rings. The van der Waals surface area contributed by atoms with Gasteiger partial charge in [0, 0.05) is 31.5 Å². The first-order valence-electron chi connectivity index (χ1n) is 7.34. The van der Waals surface area contributed by atoms with E-state index in [9.17, 15) is 18.8 Å². The number of anilines is 1. The molecule has 1 aliphatic heterocycles. The van der Waals surface area contributed by atoms with Gasteiger partial charge in [-0.15, -0.1) is 0 Å². The summed E-state index contributed by atoms with van der Waals surface area (Å²) >= 11 is 0. The maximum absolute atomic E-state index is 13.0. The zero-order chi connectivity index (χ0) is 17.3. The van der Waals surface area contributed by atoms with E-state index >= 15 is 0 Å². The van der Waals surface area contributed by atoms with E-state index in [4.69, 9.17) is 5.73 Å². The van der Waals surface area contributed by atoms with Crippen LogP contribution in [0.2, 0.25) is 0 Å². The molecule has 0 radical (unpaired) electrons. The molecule has 0 aliphatic carbocycles. The summed E-state index contributed by atoms with van der Waals surface area (Å²) in [7, 11) is 0. The van der Waals surface area contributed by atoms with Crippen LogP contribution in [0.5, 0.6) is 0 Å². The molecule has 9 heteroatoms. The number of hydrogen-bond acceptors (Lipinski definition) is 4. The Balaban J connectivity index is 1.81. The van der Waals surface area contributed by atoms with E-state index in [1.165, 1.54) is 23.2 Å². The predicted molar refractivity (Wildman–Crippen MR) is 84.0 cm³/mol. The zero-order valence-electron chi connectivity index (χ0n) is 12.7. The Kier molecular flexibility index (Phi) is 4.07. The van der Waals surface area contributed by atoms with E-state index in [0.29, 0.717) is 6.54 Å². The number of halogens is 1. The van der Waals surface area contributed by atoms with Crippen molar-refractivity contribution in [2.75, 3.05) is 24.5 Å². The molecule has 1 aromatic heterocycles. The van der Waals surface area contributed by atoms with Gasteiger partial charge in [0.15, 0.2) is 0 Å². The van der Waals surface area contributed by atoms with Gasteiger partial charge in [0.25, 0.3) is 5.91 Å². The first-order chi connectivity index (χ1) is 11.5. The van der Waals surface area contributed by atoms with Gasteiger partial charge in [0.2, 0.25) is 5.91 Å². The van der Waals surface area contributed by atoms with Gasteiger partial charge >= 0.3 is 5.69 Å². The molecular formula is C15H16FN5O3. The number of nitrogens with two attached hydrogens (primary N) is 1. The van der Waals surface area contributed by atoms with Crippen molar-refractivity contribution in [1.82, 2.24) is 14.9 Å². The normalized spacial score (nSPS) is 17.8. The van der Waals surface area contributed by atoms with Crippen molar-refractivity contribution in [3.8, 4) is 0 Å². The highest BCUT2D eigenvalue weighted by molar-refractivity contribution is 5.96. The van der Waals surface area contributed by atoms with Crippen LogP contribution < -0.4 is 16.3 Å². The Morgan fingerprint density at radius 1 is 1.21 bits per heavy atom. The summed E-state index contributed by atoms with van der Waals surface area (Å²) in [5, 5.41) is 0. The third kappa shape index (κ3) is 3.00. The maximum atomic E-state index is 13.0. The fourth-order valence-corrected chi connectivity index (χ4v) is 2.76. The Hall–Kier alpha value is -3.10. The van der Waals surface area contributed by atoms with Gasteiger partial charge in [0.05, 0.1) is 0 Å². The number of carbonyl (C=O) groups is 2. The molecule has 0 bridgehead atoms. The summed E-state index contributed by atoms with van der Waals surface area (Å²) in [5.74, 6) is -1.47. The Morgan fingerprint density at radius 3 is 2.50 bits per heavy atom. The summed E-state index contributed by atoms with van der Waals surface area (Å²) in [6.07, 6.45) is 1.26.